The molecule has 6 heteroatoms. The van der Waals surface area contributed by atoms with Crippen molar-refractivity contribution in [1.82, 2.24) is 5.32 Å². The molecule has 0 radical (unpaired) electrons. The molecule has 0 aliphatic carbocycles. The van der Waals surface area contributed by atoms with Crippen molar-refractivity contribution in [1.29, 1.82) is 0 Å². The van der Waals surface area contributed by atoms with E-state index >= 15 is 0 Å². The van der Waals surface area contributed by atoms with Gasteiger partial charge in [0.2, 0.25) is 5.91 Å². The number of amides is 1. The van der Waals surface area contributed by atoms with Gasteiger partial charge in [-0.2, -0.15) is 0 Å². The molecule has 0 spiro atoms. The second-order valence-corrected chi connectivity index (χ2v) is 4.53. The second-order valence-electron chi connectivity index (χ2n) is 3.55. The van der Waals surface area contributed by atoms with Crippen LogP contribution in [0.5, 0.6) is 0 Å². The zero-order valence-corrected chi connectivity index (χ0v) is 10.8. The molecular weight excluding hydrogens is 240 g/mol. The molecule has 2 atom stereocenters. The van der Waals surface area contributed by atoms with Crippen molar-refractivity contribution in [3.63, 3.8) is 0 Å². The molecule has 17 heavy (non-hydrogen) atoms. The summed E-state index contributed by atoms with van der Waals surface area (Å²) in [7, 11) is 3.17. The molecule has 2 unspecified atom stereocenters. The average Bonchev–Trinajstić information content (AvgIpc) is 2.86. The van der Waals surface area contributed by atoms with Gasteiger partial charge in [0, 0.05) is 25.6 Å². The van der Waals surface area contributed by atoms with Crippen LogP contribution in [0.4, 0.5) is 0 Å². The Morgan fingerprint density at radius 2 is 2.35 bits per heavy atom. The van der Waals surface area contributed by atoms with Gasteiger partial charge in [-0.15, -0.1) is 11.3 Å². The zero-order chi connectivity index (χ0) is 12.7. The van der Waals surface area contributed by atoms with E-state index in [0.717, 1.165) is 4.88 Å². The molecule has 1 aromatic heterocycles. The highest BCUT2D eigenvalue weighted by Gasteiger charge is 2.17. The number of nitrogens with two attached hydrogens (primary N) is 1. The number of nitrogens with one attached hydrogen (secondary N) is 1. The Labute approximate surface area is 105 Å². The Morgan fingerprint density at radius 1 is 1.59 bits per heavy atom. The largest absolute Gasteiger partial charge is 0.382 e. The maximum atomic E-state index is 11.7. The first-order chi connectivity index (χ1) is 8.19. The van der Waals surface area contributed by atoms with Crippen molar-refractivity contribution < 1.29 is 14.3 Å². The molecule has 0 aromatic carbocycles. The number of carbonyl (C=O) groups excluding carboxylic acids is 1. The molecule has 1 heterocycles. The third-order valence-corrected chi connectivity index (χ3v) is 3.28. The van der Waals surface area contributed by atoms with E-state index in [-0.39, 0.29) is 12.0 Å². The highest BCUT2D eigenvalue weighted by Crippen LogP contribution is 2.16. The third-order valence-electron chi connectivity index (χ3n) is 2.32. The number of ether oxygens (including phenoxy) is 2. The van der Waals surface area contributed by atoms with Gasteiger partial charge in [-0.05, 0) is 11.4 Å². The molecule has 0 bridgehead atoms. The molecule has 96 valence electrons. The van der Waals surface area contributed by atoms with Crippen LogP contribution in [0.25, 0.3) is 0 Å². The van der Waals surface area contributed by atoms with E-state index in [2.05, 4.69) is 5.32 Å². The first-order valence-electron chi connectivity index (χ1n) is 5.27. The van der Waals surface area contributed by atoms with Crippen LogP contribution >= 0.6 is 11.3 Å². The van der Waals surface area contributed by atoms with Gasteiger partial charge in [0.05, 0.1) is 12.7 Å². The van der Waals surface area contributed by atoms with Crippen LogP contribution in [0.2, 0.25) is 0 Å². The standard InChI is InChI=1S/C11H18N2O3S/c1-15-7-8(16-2)6-13-11(14)10(12)9-4-3-5-17-9/h3-5,8,10H,6-7,12H2,1-2H3,(H,13,14). The number of carbonyl (C=O) groups is 1. The Bertz CT molecular complexity index is 329. The Balaban J connectivity index is 2.38. The van der Waals surface area contributed by atoms with Gasteiger partial charge in [-0.3, -0.25) is 4.79 Å². The maximum absolute atomic E-state index is 11.7. The second kappa shape index (κ2) is 7.39. The number of methoxy groups -OCH3 is 2. The molecule has 0 aliphatic heterocycles. The summed E-state index contributed by atoms with van der Waals surface area (Å²) < 4.78 is 10.1. The van der Waals surface area contributed by atoms with E-state index in [1.165, 1.54) is 11.3 Å². The van der Waals surface area contributed by atoms with Crippen LogP contribution in [0, 0.1) is 0 Å². The fraction of sp³-hybridized carbons (Fsp3) is 0.545. The van der Waals surface area contributed by atoms with E-state index in [4.69, 9.17) is 15.2 Å². The van der Waals surface area contributed by atoms with Gasteiger partial charge >= 0.3 is 0 Å². The lowest BCUT2D eigenvalue weighted by molar-refractivity contribution is -0.123. The molecular formula is C11H18N2O3S. The summed E-state index contributed by atoms with van der Waals surface area (Å²) in [5.74, 6) is -0.203. The van der Waals surface area contributed by atoms with Crippen LogP contribution in [-0.4, -0.2) is 39.4 Å². The predicted octanol–water partition coefficient (Wildman–Crippen LogP) is 0.526. The lowest BCUT2D eigenvalue weighted by Gasteiger charge is -2.16. The fourth-order valence-corrected chi connectivity index (χ4v) is 2.04. The van der Waals surface area contributed by atoms with Crippen molar-refractivity contribution in [2.45, 2.75) is 12.1 Å². The van der Waals surface area contributed by atoms with E-state index < -0.39 is 6.04 Å². The molecule has 1 amide bonds. The highest BCUT2D eigenvalue weighted by molar-refractivity contribution is 7.10. The normalized spacial score (nSPS) is 14.3. The summed E-state index contributed by atoms with van der Waals surface area (Å²) in [5, 5.41) is 4.64. The van der Waals surface area contributed by atoms with Crippen molar-refractivity contribution in [2.75, 3.05) is 27.4 Å². The summed E-state index contributed by atoms with van der Waals surface area (Å²) in [4.78, 5) is 12.6. The minimum atomic E-state index is -0.616. The monoisotopic (exact) mass is 258 g/mol. The molecule has 0 saturated carbocycles. The van der Waals surface area contributed by atoms with Crippen LogP contribution < -0.4 is 11.1 Å². The summed E-state index contributed by atoms with van der Waals surface area (Å²) in [6, 6.07) is 3.10. The number of thiophene rings is 1. The van der Waals surface area contributed by atoms with Gasteiger partial charge < -0.3 is 20.5 Å². The van der Waals surface area contributed by atoms with Gasteiger partial charge in [-0.1, -0.05) is 6.07 Å². The minimum Gasteiger partial charge on any atom is -0.382 e. The minimum absolute atomic E-state index is 0.153. The predicted molar refractivity (Wildman–Crippen MR) is 66.9 cm³/mol. The van der Waals surface area contributed by atoms with Crippen molar-refractivity contribution >= 4 is 17.2 Å². The fourth-order valence-electron chi connectivity index (χ4n) is 1.32. The molecule has 1 rings (SSSR count). The highest BCUT2D eigenvalue weighted by atomic mass is 32.1. The molecule has 1 aromatic rings. The molecule has 3 N–H and O–H groups in total. The SMILES string of the molecule is COCC(CNC(=O)C(N)c1cccs1)OC. The van der Waals surface area contributed by atoms with Gasteiger partial charge in [0.1, 0.15) is 6.04 Å². The first kappa shape index (κ1) is 14.1. The molecule has 5 nitrogen and oxygen atoms in total. The summed E-state index contributed by atoms with van der Waals surface area (Å²) in [5.41, 5.74) is 5.81. The topological polar surface area (TPSA) is 73.6 Å². The summed E-state index contributed by atoms with van der Waals surface area (Å²) >= 11 is 1.47. The van der Waals surface area contributed by atoms with Crippen LogP contribution in [-0.2, 0) is 14.3 Å². The van der Waals surface area contributed by atoms with E-state index in [0.29, 0.717) is 13.2 Å². The van der Waals surface area contributed by atoms with Crippen molar-refractivity contribution in [3.8, 4) is 0 Å². The molecule has 0 aliphatic rings. The summed E-state index contributed by atoms with van der Waals surface area (Å²) in [6.07, 6.45) is -0.153. The smallest absolute Gasteiger partial charge is 0.242 e. The summed E-state index contributed by atoms with van der Waals surface area (Å²) in [6.45, 7) is 0.827. The lowest BCUT2D eigenvalue weighted by Crippen LogP contribution is -2.40. The van der Waals surface area contributed by atoms with Gasteiger partial charge in [0.15, 0.2) is 0 Å². The lowest BCUT2D eigenvalue weighted by atomic mass is 10.2. The van der Waals surface area contributed by atoms with Crippen molar-refractivity contribution in [2.24, 2.45) is 5.73 Å². The number of hydrogen-bond acceptors (Lipinski definition) is 5. The number of hydrogen-bond donors (Lipinski definition) is 2. The van der Waals surface area contributed by atoms with E-state index in [1.807, 2.05) is 17.5 Å². The number of rotatable bonds is 7. The Morgan fingerprint density at radius 3 is 2.88 bits per heavy atom. The zero-order valence-electron chi connectivity index (χ0n) is 10.0. The van der Waals surface area contributed by atoms with Crippen LogP contribution in [0.15, 0.2) is 17.5 Å². The van der Waals surface area contributed by atoms with Crippen LogP contribution in [0.3, 0.4) is 0 Å². The third kappa shape index (κ3) is 4.43. The van der Waals surface area contributed by atoms with Crippen molar-refractivity contribution in [3.05, 3.63) is 22.4 Å². The molecule has 0 saturated heterocycles. The van der Waals surface area contributed by atoms with Gasteiger partial charge in [0.25, 0.3) is 0 Å². The Hall–Kier alpha value is -0.950. The van der Waals surface area contributed by atoms with E-state index in [9.17, 15) is 4.79 Å². The first-order valence-corrected chi connectivity index (χ1v) is 6.15. The van der Waals surface area contributed by atoms with E-state index in [1.54, 1.807) is 14.2 Å². The molecule has 0 fully saturated rings. The quantitative estimate of drug-likeness (QED) is 0.748. The van der Waals surface area contributed by atoms with Crippen LogP contribution in [0.1, 0.15) is 10.9 Å². The average molecular weight is 258 g/mol. The maximum Gasteiger partial charge on any atom is 0.242 e. The van der Waals surface area contributed by atoms with Gasteiger partial charge in [-0.25, -0.2) is 0 Å². The Kier molecular flexibility index (Phi) is 6.13.